The first-order valence-corrected chi connectivity index (χ1v) is 4.00. The minimum absolute atomic E-state index is 0.204. The van der Waals surface area contributed by atoms with Crippen LogP contribution in [0.5, 0.6) is 0 Å². The number of carboxylic acids is 1. The number of aryl methyl sites for hydroxylation is 1. The quantitative estimate of drug-likeness (QED) is 0.657. The van der Waals surface area contributed by atoms with Gasteiger partial charge >= 0.3 is 5.97 Å². The van der Waals surface area contributed by atoms with Crippen LogP contribution in [0.2, 0.25) is 0 Å². The number of hydrogen-bond acceptors (Lipinski definition) is 2. The largest absolute Gasteiger partial charge is 0.476 e. The lowest BCUT2D eigenvalue weighted by Crippen LogP contribution is -2.02. The second-order valence-corrected chi connectivity index (χ2v) is 3.21. The molecule has 0 amide bonds. The highest BCUT2D eigenvalue weighted by Crippen LogP contribution is 2.33. The predicted octanol–water partition coefficient (Wildman–Crippen LogP) is 1.16. The van der Waals surface area contributed by atoms with Gasteiger partial charge in [0.2, 0.25) is 0 Å². The summed E-state index contributed by atoms with van der Waals surface area (Å²) in [6.07, 6.45) is 1.96. The van der Waals surface area contributed by atoms with Crippen molar-refractivity contribution in [2.45, 2.75) is 25.7 Å². The van der Waals surface area contributed by atoms with Crippen LogP contribution >= 0.6 is 0 Å². The van der Waals surface area contributed by atoms with Crippen LogP contribution in [0.3, 0.4) is 0 Å². The Labute approximate surface area is 69.6 Å². The van der Waals surface area contributed by atoms with E-state index in [1.165, 1.54) is 0 Å². The zero-order valence-electron chi connectivity index (χ0n) is 6.79. The highest BCUT2D eigenvalue weighted by atomic mass is 16.4. The molecule has 1 atom stereocenters. The summed E-state index contributed by atoms with van der Waals surface area (Å²) < 4.78 is 0. The molecular formula is C8H10N2O2. The lowest BCUT2D eigenvalue weighted by atomic mass is 10.0. The van der Waals surface area contributed by atoms with E-state index in [0.717, 1.165) is 24.1 Å². The van der Waals surface area contributed by atoms with Crippen molar-refractivity contribution in [1.82, 2.24) is 10.2 Å². The summed E-state index contributed by atoms with van der Waals surface area (Å²) >= 11 is 0. The van der Waals surface area contributed by atoms with Crippen LogP contribution in [0.25, 0.3) is 0 Å². The molecule has 1 aliphatic rings. The van der Waals surface area contributed by atoms with E-state index in [2.05, 4.69) is 10.2 Å². The van der Waals surface area contributed by atoms with E-state index in [-0.39, 0.29) is 5.69 Å². The maximum atomic E-state index is 10.7. The summed E-state index contributed by atoms with van der Waals surface area (Å²) in [5, 5.41) is 15.3. The third kappa shape index (κ3) is 0.841. The van der Waals surface area contributed by atoms with Gasteiger partial charge < -0.3 is 5.11 Å². The van der Waals surface area contributed by atoms with Crippen LogP contribution in [0.15, 0.2) is 0 Å². The van der Waals surface area contributed by atoms with Gasteiger partial charge in [-0.2, -0.15) is 5.10 Å². The monoisotopic (exact) mass is 166 g/mol. The van der Waals surface area contributed by atoms with Gasteiger partial charge in [0.25, 0.3) is 0 Å². The van der Waals surface area contributed by atoms with Crippen molar-refractivity contribution in [2.24, 2.45) is 0 Å². The Bertz CT molecular complexity index is 330. The number of aromatic carboxylic acids is 1. The van der Waals surface area contributed by atoms with Crippen LogP contribution < -0.4 is 0 Å². The van der Waals surface area contributed by atoms with E-state index < -0.39 is 5.97 Å². The Morgan fingerprint density at radius 3 is 3.17 bits per heavy atom. The minimum Gasteiger partial charge on any atom is -0.476 e. The maximum absolute atomic E-state index is 10.7. The molecule has 0 saturated carbocycles. The van der Waals surface area contributed by atoms with Gasteiger partial charge in [-0.15, -0.1) is 0 Å². The molecule has 0 unspecified atom stereocenters. The van der Waals surface area contributed by atoms with Gasteiger partial charge in [0.15, 0.2) is 5.69 Å². The van der Waals surface area contributed by atoms with Gasteiger partial charge in [0.1, 0.15) is 0 Å². The molecular weight excluding hydrogens is 156 g/mol. The first-order chi connectivity index (χ1) is 5.70. The zero-order valence-corrected chi connectivity index (χ0v) is 6.79. The highest BCUT2D eigenvalue weighted by molar-refractivity contribution is 5.87. The SMILES string of the molecule is C[C@H]1CCc2[nH]nc(C(=O)O)c21. The molecule has 1 heterocycles. The number of aromatic nitrogens is 2. The van der Waals surface area contributed by atoms with Gasteiger partial charge in [0, 0.05) is 11.3 Å². The molecule has 4 nitrogen and oxygen atoms in total. The van der Waals surface area contributed by atoms with Crippen molar-refractivity contribution in [3.05, 3.63) is 17.0 Å². The number of H-pyrrole nitrogens is 1. The van der Waals surface area contributed by atoms with E-state index in [1.807, 2.05) is 6.92 Å². The van der Waals surface area contributed by atoms with Gasteiger partial charge in [0.05, 0.1) is 0 Å². The van der Waals surface area contributed by atoms with E-state index in [1.54, 1.807) is 0 Å². The van der Waals surface area contributed by atoms with Crippen molar-refractivity contribution < 1.29 is 9.90 Å². The van der Waals surface area contributed by atoms with Crippen LogP contribution in [-0.4, -0.2) is 21.3 Å². The van der Waals surface area contributed by atoms with Crippen molar-refractivity contribution in [3.63, 3.8) is 0 Å². The van der Waals surface area contributed by atoms with Crippen molar-refractivity contribution in [2.75, 3.05) is 0 Å². The maximum Gasteiger partial charge on any atom is 0.356 e. The van der Waals surface area contributed by atoms with Crippen LogP contribution in [0.4, 0.5) is 0 Å². The molecule has 1 aliphatic carbocycles. The standard InChI is InChI=1S/C8H10N2O2/c1-4-2-3-5-6(4)7(8(11)12)10-9-5/h4H,2-3H2,1H3,(H,9,10)(H,11,12)/t4-/m0/s1. The number of hydrogen-bond donors (Lipinski definition) is 2. The topological polar surface area (TPSA) is 66.0 Å². The molecule has 0 saturated heterocycles. The Morgan fingerprint density at radius 1 is 1.75 bits per heavy atom. The molecule has 4 heteroatoms. The summed E-state index contributed by atoms with van der Waals surface area (Å²) in [4.78, 5) is 10.7. The fourth-order valence-electron chi connectivity index (χ4n) is 1.78. The predicted molar refractivity (Wildman–Crippen MR) is 42.3 cm³/mol. The first-order valence-electron chi connectivity index (χ1n) is 4.00. The summed E-state index contributed by atoms with van der Waals surface area (Å²) in [5.74, 6) is -0.592. The average Bonchev–Trinajstić information content (AvgIpc) is 2.53. The molecule has 12 heavy (non-hydrogen) atoms. The van der Waals surface area contributed by atoms with Crippen LogP contribution in [-0.2, 0) is 6.42 Å². The molecule has 1 aromatic rings. The number of carbonyl (C=O) groups is 1. The highest BCUT2D eigenvalue weighted by Gasteiger charge is 2.27. The summed E-state index contributed by atoms with van der Waals surface area (Å²) in [6.45, 7) is 2.04. The molecule has 0 spiro atoms. The number of carboxylic acid groups (broad SMARTS) is 1. The normalized spacial score (nSPS) is 20.9. The molecule has 1 aromatic heterocycles. The zero-order chi connectivity index (χ0) is 8.72. The third-order valence-corrected chi connectivity index (χ3v) is 2.41. The first kappa shape index (κ1) is 7.34. The van der Waals surface area contributed by atoms with Gasteiger partial charge in [-0.25, -0.2) is 4.79 Å². The van der Waals surface area contributed by atoms with E-state index in [4.69, 9.17) is 5.11 Å². The Morgan fingerprint density at radius 2 is 2.50 bits per heavy atom. The second kappa shape index (κ2) is 2.33. The smallest absolute Gasteiger partial charge is 0.356 e. The molecule has 2 rings (SSSR count). The second-order valence-electron chi connectivity index (χ2n) is 3.21. The molecule has 0 radical (unpaired) electrons. The fourth-order valence-corrected chi connectivity index (χ4v) is 1.78. The number of nitrogens with one attached hydrogen (secondary N) is 1. The molecule has 2 N–H and O–H groups in total. The average molecular weight is 166 g/mol. The Hall–Kier alpha value is -1.32. The van der Waals surface area contributed by atoms with Gasteiger partial charge in [-0.05, 0) is 18.8 Å². The molecule has 64 valence electrons. The van der Waals surface area contributed by atoms with Gasteiger partial charge in [-0.1, -0.05) is 6.92 Å². The molecule has 0 fully saturated rings. The number of rotatable bonds is 1. The van der Waals surface area contributed by atoms with E-state index >= 15 is 0 Å². The van der Waals surface area contributed by atoms with Crippen molar-refractivity contribution in [1.29, 1.82) is 0 Å². The summed E-state index contributed by atoms with van der Waals surface area (Å²) in [5.41, 5.74) is 2.11. The van der Waals surface area contributed by atoms with Crippen LogP contribution in [0, 0.1) is 0 Å². The summed E-state index contributed by atoms with van der Waals surface area (Å²) in [7, 11) is 0. The minimum atomic E-state index is -0.929. The number of aromatic amines is 1. The van der Waals surface area contributed by atoms with E-state index in [9.17, 15) is 4.79 Å². The lowest BCUT2D eigenvalue weighted by Gasteiger charge is -2.00. The third-order valence-electron chi connectivity index (χ3n) is 2.41. The number of nitrogens with zero attached hydrogens (tertiary/aromatic N) is 1. The summed E-state index contributed by atoms with van der Waals surface area (Å²) in [6, 6.07) is 0. The van der Waals surface area contributed by atoms with Crippen LogP contribution in [0.1, 0.15) is 41.0 Å². The Balaban J connectivity index is 2.53. The fraction of sp³-hybridized carbons (Fsp3) is 0.500. The molecule has 0 aliphatic heterocycles. The molecule has 0 aromatic carbocycles. The van der Waals surface area contributed by atoms with Gasteiger partial charge in [-0.3, -0.25) is 5.10 Å². The molecule has 0 bridgehead atoms. The number of fused-ring (bicyclic) bond motifs is 1. The van der Waals surface area contributed by atoms with E-state index in [0.29, 0.717) is 5.92 Å². The van der Waals surface area contributed by atoms with Crippen molar-refractivity contribution >= 4 is 5.97 Å². The lowest BCUT2D eigenvalue weighted by molar-refractivity contribution is 0.0689. The van der Waals surface area contributed by atoms with Crippen molar-refractivity contribution in [3.8, 4) is 0 Å². The Kier molecular flexibility index (Phi) is 1.43.